The van der Waals surface area contributed by atoms with Crippen LogP contribution in [0.15, 0.2) is 59.5 Å². The van der Waals surface area contributed by atoms with Crippen LogP contribution in [0.4, 0.5) is 0 Å². The van der Waals surface area contributed by atoms with E-state index in [2.05, 4.69) is 51.6 Å². The minimum Gasteiger partial charge on any atom is -0.493 e. The second-order valence-corrected chi connectivity index (χ2v) is 9.38. The number of fused-ring (bicyclic) bond motifs is 1. The molecule has 182 valence electrons. The first kappa shape index (κ1) is 25.6. The summed E-state index contributed by atoms with van der Waals surface area (Å²) >= 11 is 0. The molecule has 3 rings (SSSR count). The molecule has 0 bridgehead atoms. The van der Waals surface area contributed by atoms with Gasteiger partial charge in [0.05, 0.1) is 6.61 Å². The van der Waals surface area contributed by atoms with Crippen LogP contribution in [0, 0.1) is 5.41 Å². The fourth-order valence-electron chi connectivity index (χ4n) is 3.96. The van der Waals surface area contributed by atoms with E-state index in [4.69, 9.17) is 13.9 Å². The van der Waals surface area contributed by atoms with Crippen LogP contribution in [0.2, 0.25) is 0 Å². The molecular formula is C30H38O4. The Balaban J connectivity index is 1.75. The Morgan fingerprint density at radius 2 is 1.88 bits per heavy atom. The van der Waals surface area contributed by atoms with Crippen molar-refractivity contribution in [3.63, 3.8) is 0 Å². The Labute approximate surface area is 204 Å². The summed E-state index contributed by atoms with van der Waals surface area (Å²) in [4.78, 5) is 11.4. The molecule has 1 heterocycles. The number of carbonyl (C=O) groups excluding carboxylic acids is 1. The van der Waals surface area contributed by atoms with Crippen molar-refractivity contribution in [2.75, 3.05) is 13.2 Å². The van der Waals surface area contributed by atoms with Crippen molar-refractivity contribution in [1.82, 2.24) is 0 Å². The number of ether oxygens (including phenoxy) is 2. The van der Waals surface area contributed by atoms with Crippen LogP contribution in [0.5, 0.6) is 5.75 Å². The molecule has 0 spiro atoms. The number of esters is 1. The van der Waals surface area contributed by atoms with Crippen LogP contribution in [-0.4, -0.2) is 19.2 Å². The standard InChI is InChI=1S/C30H38O4/c1-6-10-11-12-22-13-16-26(23(7-2)17-22)28-18-24-14-15-25(19-27(24)34-28)32-20-30(5,9-4)21-33-29(31)8-3/h8,13-19H,3,6-7,9-12,20-21H2,1-2,4-5H3. The monoisotopic (exact) mass is 462 g/mol. The van der Waals surface area contributed by atoms with Gasteiger partial charge in [0.1, 0.15) is 23.7 Å². The summed E-state index contributed by atoms with van der Waals surface area (Å²) in [6, 6.07) is 14.8. The van der Waals surface area contributed by atoms with Gasteiger partial charge >= 0.3 is 5.97 Å². The quantitative estimate of drug-likeness (QED) is 0.147. The molecule has 4 heteroatoms. The second kappa shape index (κ2) is 11.9. The van der Waals surface area contributed by atoms with Crippen LogP contribution >= 0.6 is 0 Å². The minimum atomic E-state index is -0.412. The van der Waals surface area contributed by atoms with E-state index in [9.17, 15) is 4.79 Å². The zero-order chi connectivity index (χ0) is 24.6. The van der Waals surface area contributed by atoms with E-state index in [1.54, 1.807) is 0 Å². The van der Waals surface area contributed by atoms with Crippen molar-refractivity contribution in [3.8, 4) is 17.1 Å². The van der Waals surface area contributed by atoms with Gasteiger partial charge in [0.25, 0.3) is 0 Å². The summed E-state index contributed by atoms with van der Waals surface area (Å²) in [5, 5.41) is 1.05. The van der Waals surface area contributed by atoms with Crippen LogP contribution in [0.3, 0.4) is 0 Å². The van der Waals surface area contributed by atoms with Crippen molar-refractivity contribution in [3.05, 3.63) is 66.2 Å². The summed E-state index contributed by atoms with van der Waals surface area (Å²) in [5.74, 6) is 1.22. The zero-order valence-corrected chi connectivity index (χ0v) is 21.1. The van der Waals surface area contributed by atoms with Gasteiger partial charge in [-0.05, 0) is 55.0 Å². The molecule has 0 aliphatic heterocycles. The van der Waals surface area contributed by atoms with Gasteiger partial charge in [-0.25, -0.2) is 4.79 Å². The highest BCUT2D eigenvalue weighted by Gasteiger charge is 2.25. The topological polar surface area (TPSA) is 48.7 Å². The van der Waals surface area contributed by atoms with E-state index in [-0.39, 0.29) is 12.0 Å². The molecule has 0 fully saturated rings. The first-order chi connectivity index (χ1) is 16.4. The lowest BCUT2D eigenvalue weighted by molar-refractivity contribution is -0.141. The first-order valence-electron chi connectivity index (χ1n) is 12.5. The largest absolute Gasteiger partial charge is 0.493 e. The molecule has 0 amide bonds. The molecule has 0 aliphatic carbocycles. The Kier molecular flexibility index (Phi) is 8.98. The smallest absolute Gasteiger partial charge is 0.330 e. The summed E-state index contributed by atoms with van der Waals surface area (Å²) in [6.07, 6.45) is 7.85. The first-order valence-corrected chi connectivity index (χ1v) is 12.5. The lowest BCUT2D eigenvalue weighted by Gasteiger charge is -2.27. The van der Waals surface area contributed by atoms with Gasteiger partial charge < -0.3 is 13.9 Å². The third-order valence-electron chi connectivity index (χ3n) is 6.55. The molecule has 2 aromatic carbocycles. The second-order valence-electron chi connectivity index (χ2n) is 9.38. The maximum absolute atomic E-state index is 11.4. The van der Waals surface area contributed by atoms with Gasteiger partial charge in [-0.15, -0.1) is 0 Å². The molecule has 3 aromatic rings. The van der Waals surface area contributed by atoms with Crippen molar-refractivity contribution < 1.29 is 18.7 Å². The third kappa shape index (κ3) is 6.53. The number of unbranched alkanes of at least 4 members (excludes halogenated alkanes) is 2. The molecule has 0 radical (unpaired) electrons. The predicted molar refractivity (Wildman–Crippen MR) is 139 cm³/mol. The van der Waals surface area contributed by atoms with Gasteiger partial charge in [-0.3, -0.25) is 0 Å². The molecular weight excluding hydrogens is 424 g/mol. The van der Waals surface area contributed by atoms with Crippen LogP contribution in [-0.2, 0) is 22.4 Å². The summed E-state index contributed by atoms with van der Waals surface area (Å²) in [6.45, 7) is 12.7. The fourth-order valence-corrected chi connectivity index (χ4v) is 3.96. The Morgan fingerprint density at radius 3 is 2.59 bits per heavy atom. The van der Waals surface area contributed by atoms with Crippen molar-refractivity contribution in [1.29, 1.82) is 0 Å². The summed E-state index contributed by atoms with van der Waals surface area (Å²) in [5.41, 5.74) is 4.40. The number of carbonyl (C=O) groups is 1. The predicted octanol–water partition coefficient (Wildman–Crippen LogP) is 7.92. The normalized spacial score (nSPS) is 12.9. The number of benzene rings is 2. The molecule has 34 heavy (non-hydrogen) atoms. The molecule has 1 atom stereocenters. The number of hydrogen-bond donors (Lipinski definition) is 0. The molecule has 0 saturated carbocycles. The van der Waals surface area contributed by atoms with E-state index in [1.165, 1.54) is 36.5 Å². The number of furan rings is 1. The summed E-state index contributed by atoms with van der Waals surface area (Å²) < 4.78 is 17.6. The van der Waals surface area contributed by atoms with E-state index in [0.717, 1.165) is 47.3 Å². The molecule has 1 unspecified atom stereocenters. The van der Waals surface area contributed by atoms with Gasteiger partial charge in [0.15, 0.2) is 0 Å². The highest BCUT2D eigenvalue weighted by Crippen LogP contribution is 2.33. The van der Waals surface area contributed by atoms with Crippen LogP contribution in [0.25, 0.3) is 22.3 Å². The number of aryl methyl sites for hydroxylation is 2. The Morgan fingerprint density at radius 1 is 1.06 bits per heavy atom. The lowest BCUT2D eigenvalue weighted by Crippen LogP contribution is -2.30. The van der Waals surface area contributed by atoms with Gasteiger partial charge in [-0.1, -0.05) is 65.3 Å². The fraction of sp³-hybridized carbons (Fsp3) is 0.433. The van der Waals surface area contributed by atoms with E-state index in [0.29, 0.717) is 6.61 Å². The van der Waals surface area contributed by atoms with Crippen LogP contribution < -0.4 is 4.74 Å². The average Bonchev–Trinajstić information content (AvgIpc) is 3.29. The Bertz CT molecular complexity index is 1110. The van der Waals surface area contributed by atoms with Crippen LogP contribution in [0.1, 0.15) is 64.5 Å². The van der Waals surface area contributed by atoms with Crippen molar-refractivity contribution >= 4 is 16.9 Å². The number of rotatable bonds is 13. The van der Waals surface area contributed by atoms with Crippen molar-refractivity contribution in [2.24, 2.45) is 5.41 Å². The molecule has 0 aliphatic rings. The van der Waals surface area contributed by atoms with E-state index in [1.807, 2.05) is 25.1 Å². The lowest BCUT2D eigenvalue weighted by atomic mass is 9.90. The third-order valence-corrected chi connectivity index (χ3v) is 6.55. The highest BCUT2D eigenvalue weighted by molar-refractivity contribution is 5.84. The van der Waals surface area contributed by atoms with E-state index >= 15 is 0 Å². The average molecular weight is 463 g/mol. The molecule has 0 N–H and O–H groups in total. The molecule has 0 saturated heterocycles. The van der Waals surface area contributed by atoms with Crippen molar-refractivity contribution in [2.45, 2.75) is 66.2 Å². The number of hydrogen-bond acceptors (Lipinski definition) is 4. The maximum Gasteiger partial charge on any atom is 0.330 e. The highest BCUT2D eigenvalue weighted by atomic mass is 16.5. The van der Waals surface area contributed by atoms with Gasteiger partial charge in [-0.2, -0.15) is 0 Å². The minimum absolute atomic E-state index is 0.281. The SMILES string of the molecule is C=CC(=O)OCC(C)(CC)COc1ccc2cc(-c3ccc(CCCCC)cc3CC)oc2c1. The Hall–Kier alpha value is -3.01. The molecule has 4 nitrogen and oxygen atoms in total. The summed E-state index contributed by atoms with van der Waals surface area (Å²) in [7, 11) is 0. The van der Waals surface area contributed by atoms with Gasteiger partial charge in [0, 0.05) is 28.5 Å². The molecule has 1 aromatic heterocycles. The maximum atomic E-state index is 11.4. The zero-order valence-electron chi connectivity index (χ0n) is 21.1. The van der Waals surface area contributed by atoms with Gasteiger partial charge in [0.2, 0.25) is 0 Å². The van der Waals surface area contributed by atoms with E-state index < -0.39 is 5.97 Å².